The van der Waals surface area contributed by atoms with Crippen molar-refractivity contribution in [2.75, 3.05) is 13.7 Å². The van der Waals surface area contributed by atoms with Crippen LogP contribution in [-0.2, 0) is 11.3 Å². The molecule has 0 aliphatic carbocycles. The summed E-state index contributed by atoms with van der Waals surface area (Å²) >= 11 is 5.23. The summed E-state index contributed by atoms with van der Waals surface area (Å²) in [5, 5.41) is 0. The molecule has 3 nitrogen and oxygen atoms in total. The Kier molecular flexibility index (Phi) is 3.91. The molecule has 0 aliphatic rings. The highest BCUT2D eigenvalue weighted by atomic mass is 32.1. The SMILES string of the molecule is COCCCCn1c(=S)[nH]c2cc(F)ccc21. The number of hydrogen-bond donors (Lipinski definition) is 1. The first kappa shape index (κ1) is 12.3. The first-order chi connectivity index (χ1) is 8.22. The minimum atomic E-state index is -0.250. The van der Waals surface area contributed by atoms with Gasteiger partial charge in [-0.05, 0) is 43.3 Å². The van der Waals surface area contributed by atoms with E-state index in [0.717, 1.165) is 37.0 Å². The van der Waals surface area contributed by atoms with Gasteiger partial charge in [0.2, 0.25) is 0 Å². The van der Waals surface area contributed by atoms with E-state index < -0.39 is 0 Å². The van der Waals surface area contributed by atoms with Crippen LogP contribution in [0.5, 0.6) is 0 Å². The van der Waals surface area contributed by atoms with E-state index in [0.29, 0.717) is 4.77 Å². The van der Waals surface area contributed by atoms with Crippen LogP contribution in [0.3, 0.4) is 0 Å². The fourth-order valence-electron chi connectivity index (χ4n) is 1.87. The summed E-state index contributed by atoms with van der Waals surface area (Å²) in [4.78, 5) is 3.02. The Bertz CT molecular complexity index is 561. The van der Waals surface area contributed by atoms with E-state index in [1.807, 2.05) is 4.57 Å². The molecule has 0 radical (unpaired) electrons. The number of nitrogens with one attached hydrogen (secondary N) is 1. The maximum Gasteiger partial charge on any atom is 0.178 e. The van der Waals surface area contributed by atoms with Crippen LogP contribution in [0.1, 0.15) is 12.8 Å². The molecule has 0 fully saturated rings. The van der Waals surface area contributed by atoms with Gasteiger partial charge in [0.05, 0.1) is 11.0 Å². The van der Waals surface area contributed by atoms with Crippen LogP contribution >= 0.6 is 12.2 Å². The van der Waals surface area contributed by atoms with Crippen molar-refractivity contribution in [3.8, 4) is 0 Å². The van der Waals surface area contributed by atoms with Crippen molar-refractivity contribution in [1.82, 2.24) is 9.55 Å². The number of aromatic amines is 1. The molecule has 2 rings (SSSR count). The molecule has 92 valence electrons. The molecule has 0 amide bonds. The van der Waals surface area contributed by atoms with Crippen LogP contribution in [-0.4, -0.2) is 23.3 Å². The van der Waals surface area contributed by atoms with Crippen LogP contribution in [0.15, 0.2) is 18.2 Å². The average molecular weight is 254 g/mol. The minimum absolute atomic E-state index is 0.250. The number of H-pyrrole nitrogens is 1. The van der Waals surface area contributed by atoms with E-state index in [-0.39, 0.29) is 5.82 Å². The molecule has 0 saturated heterocycles. The summed E-state index contributed by atoms with van der Waals surface area (Å²) < 4.78 is 20.7. The van der Waals surface area contributed by atoms with Crippen LogP contribution in [0.2, 0.25) is 0 Å². The Morgan fingerprint density at radius 1 is 1.41 bits per heavy atom. The molecule has 1 aromatic heterocycles. The lowest BCUT2D eigenvalue weighted by molar-refractivity contribution is 0.191. The van der Waals surface area contributed by atoms with Crippen LogP contribution in [0.25, 0.3) is 11.0 Å². The Labute approximate surface area is 104 Å². The second-order valence-corrected chi connectivity index (χ2v) is 4.33. The standard InChI is InChI=1S/C12H15FN2OS/c1-16-7-3-2-6-15-11-5-4-9(13)8-10(11)14-12(15)17/h4-5,8H,2-3,6-7H2,1H3,(H,14,17). The predicted octanol–water partition coefficient (Wildman–Crippen LogP) is 3.26. The van der Waals surface area contributed by atoms with Crippen molar-refractivity contribution >= 4 is 23.3 Å². The van der Waals surface area contributed by atoms with Crippen molar-refractivity contribution < 1.29 is 9.13 Å². The summed E-state index contributed by atoms with van der Waals surface area (Å²) in [5.41, 5.74) is 1.70. The van der Waals surface area contributed by atoms with E-state index in [9.17, 15) is 4.39 Å². The lowest BCUT2D eigenvalue weighted by atomic mass is 10.3. The summed E-state index contributed by atoms with van der Waals surface area (Å²) in [6.07, 6.45) is 1.98. The number of imidazole rings is 1. The highest BCUT2D eigenvalue weighted by Gasteiger charge is 2.04. The third kappa shape index (κ3) is 2.73. The first-order valence-electron chi connectivity index (χ1n) is 5.59. The van der Waals surface area contributed by atoms with Crippen LogP contribution in [0, 0.1) is 10.6 Å². The minimum Gasteiger partial charge on any atom is -0.385 e. The lowest BCUT2D eigenvalue weighted by Crippen LogP contribution is -1.99. The number of ether oxygens (including phenoxy) is 1. The Morgan fingerprint density at radius 3 is 3.00 bits per heavy atom. The molecule has 0 bridgehead atoms. The highest BCUT2D eigenvalue weighted by molar-refractivity contribution is 7.71. The third-order valence-electron chi connectivity index (χ3n) is 2.72. The van der Waals surface area contributed by atoms with Crippen molar-refractivity contribution in [1.29, 1.82) is 0 Å². The summed E-state index contributed by atoms with van der Waals surface area (Å²) in [7, 11) is 1.69. The Hall–Kier alpha value is -1.20. The second kappa shape index (κ2) is 5.42. The topological polar surface area (TPSA) is 29.9 Å². The number of hydrogen-bond acceptors (Lipinski definition) is 2. The van der Waals surface area contributed by atoms with Gasteiger partial charge in [0.1, 0.15) is 5.82 Å². The number of aryl methyl sites for hydroxylation is 1. The van der Waals surface area contributed by atoms with Gasteiger partial charge in [-0.1, -0.05) is 0 Å². The van der Waals surface area contributed by atoms with Crippen LogP contribution in [0.4, 0.5) is 4.39 Å². The average Bonchev–Trinajstić information content (AvgIpc) is 2.60. The fourth-order valence-corrected chi connectivity index (χ4v) is 2.17. The molecule has 0 unspecified atom stereocenters. The van der Waals surface area contributed by atoms with Gasteiger partial charge < -0.3 is 14.3 Å². The normalized spacial score (nSPS) is 11.2. The molecule has 2 aromatic rings. The van der Waals surface area contributed by atoms with Crippen LogP contribution < -0.4 is 0 Å². The van der Waals surface area contributed by atoms with E-state index >= 15 is 0 Å². The Balaban J connectivity index is 2.21. The number of fused-ring (bicyclic) bond motifs is 1. The number of rotatable bonds is 5. The van der Waals surface area contributed by atoms with Gasteiger partial charge in [-0.3, -0.25) is 0 Å². The zero-order chi connectivity index (χ0) is 12.3. The molecule has 1 heterocycles. The Morgan fingerprint density at radius 2 is 2.24 bits per heavy atom. The molecular formula is C12H15FN2OS. The van der Waals surface area contributed by atoms with Crippen molar-refractivity contribution in [3.63, 3.8) is 0 Å². The maximum absolute atomic E-state index is 13.1. The number of unbranched alkanes of at least 4 members (excludes halogenated alkanes) is 1. The monoisotopic (exact) mass is 254 g/mol. The molecule has 0 spiro atoms. The van der Waals surface area contributed by atoms with Crippen molar-refractivity contribution in [2.24, 2.45) is 0 Å². The molecule has 5 heteroatoms. The highest BCUT2D eigenvalue weighted by Crippen LogP contribution is 2.16. The van der Waals surface area contributed by atoms with Crippen molar-refractivity contribution in [2.45, 2.75) is 19.4 Å². The molecule has 0 saturated carbocycles. The first-order valence-corrected chi connectivity index (χ1v) is 6.00. The van der Waals surface area contributed by atoms with E-state index in [1.165, 1.54) is 12.1 Å². The van der Waals surface area contributed by atoms with Gasteiger partial charge in [0.15, 0.2) is 4.77 Å². The predicted molar refractivity (Wildman–Crippen MR) is 68.2 cm³/mol. The quantitative estimate of drug-likeness (QED) is 0.655. The van der Waals surface area contributed by atoms with Gasteiger partial charge in [-0.2, -0.15) is 0 Å². The number of methoxy groups -OCH3 is 1. The van der Waals surface area contributed by atoms with Gasteiger partial charge in [-0.15, -0.1) is 0 Å². The molecule has 1 aromatic carbocycles. The van der Waals surface area contributed by atoms with Gasteiger partial charge in [0.25, 0.3) is 0 Å². The summed E-state index contributed by atoms with van der Waals surface area (Å²) in [6.45, 7) is 1.58. The molecular weight excluding hydrogens is 239 g/mol. The van der Waals surface area contributed by atoms with Gasteiger partial charge in [0, 0.05) is 20.3 Å². The second-order valence-electron chi connectivity index (χ2n) is 3.94. The molecule has 17 heavy (non-hydrogen) atoms. The molecule has 0 aliphatic heterocycles. The zero-order valence-electron chi connectivity index (χ0n) is 9.70. The maximum atomic E-state index is 13.1. The number of halogens is 1. The van der Waals surface area contributed by atoms with E-state index in [1.54, 1.807) is 13.2 Å². The number of benzene rings is 1. The zero-order valence-corrected chi connectivity index (χ0v) is 10.5. The lowest BCUT2D eigenvalue weighted by Gasteiger charge is -2.04. The van der Waals surface area contributed by atoms with Gasteiger partial charge in [-0.25, -0.2) is 4.39 Å². The van der Waals surface area contributed by atoms with E-state index in [4.69, 9.17) is 17.0 Å². The molecule has 1 N–H and O–H groups in total. The largest absolute Gasteiger partial charge is 0.385 e. The smallest absolute Gasteiger partial charge is 0.178 e. The fraction of sp³-hybridized carbons (Fsp3) is 0.417. The summed E-state index contributed by atoms with van der Waals surface area (Å²) in [5.74, 6) is -0.250. The molecule has 0 atom stereocenters. The number of aromatic nitrogens is 2. The summed E-state index contributed by atoms with van der Waals surface area (Å²) in [6, 6.07) is 4.68. The number of nitrogens with zero attached hydrogens (tertiary/aromatic N) is 1. The van der Waals surface area contributed by atoms with Gasteiger partial charge >= 0.3 is 0 Å². The third-order valence-corrected chi connectivity index (χ3v) is 3.04. The van der Waals surface area contributed by atoms with Crippen molar-refractivity contribution in [3.05, 3.63) is 28.8 Å². The van der Waals surface area contributed by atoms with E-state index in [2.05, 4.69) is 4.98 Å².